The van der Waals surface area contributed by atoms with Gasteiger partial charge in [0.05, 0.1) is 7.11 Å². The minimum absolute atomic E-state index is 0.564. The van der Waals surface area contributed by atoms with Gasteiger partial charge in [-0.15, -0.1) is 0 Å². The van der Waals surface area contributed by atoms with Crippen molar-refractivity contribution in [2.24, 2.45) is 11.8 Å². The van der Waals surface area contributed by atoms with E-state index in [1.165, 1.54) is 0 Å². The Labute approximate surface area is 102 Å². The molecule has 1 aromatic heterocycles. The average molecular weight is 233 g/mol. The zero-order valence-corrected chi connectivity index (χ0v) is 10.4. The van der Waals surface area contributed by atoms with E-state index in [2.05, 4.69) is 28.2 Å². The molecule has 0 aromatic carbocycles. The molecule has 0 radical (unpaired) electrons. The number of pyridine rings is 1. The molecule has 2 saturated heterocycles. The van der Waals surface area contributed by atoms with Crippen LogP contribution in [0, 0.1) is 11.8 Å². The van der Waals surface area contributed by atoms with Crippen molar-refractivity contribution < 1.29 is 4.74 Å². The fourth-order valence-electron chi connectivity index (χ4n) is 3.15. The molecule has 0 amide bonds. The van der Waals surface area contributed by atoms with Gasteiger partial charge in [-0.25, -0.2) is 0 Å². The Balaban J connectivity index is 1.84. The van der Waals surface area contributed by atoms with Crippen LogP contribution in [0.25, 0.3) is 0 Å². The highest BCUT2D eigenvalue weighted by atomic mass is 16.5. The van der Waals surface area contributed by atoms with Gasteiger partial charge in [-0.2, -0.15) is 4.98 Å². The van der Waals surface area contributed by atoms with E-state index in [4.69, 9.17) is 4.74 Å². The number of hydrogen-bond donors (Lipinski definition) is 1. The van der Waals surface area contributed by atoms with E-state index >= 15 is 0 Å². The molecule has 0 aliphatic carbocycles. The lowest BCUT2D eigenvalue weighted by atomic mass is 9.95. The zero-order chi connectivity index (χ0) is 11.8. The smallest absolute Gasteiger partial charge is 0.214 e. The number of nitrogens with one attached hydrogen (secondary N) is 1. The molecule has 2 aliphatic heterocycles. The van der Waals surface area contributed by atoms with Gasteiger partial charge in [-0.05, 0) is 24.8 Å². The van der Waals surface area contributed by atoms with Crippen molar-refractivity contribution in [3.63, 3.8) is 0 Å². The standard InChI is InChI=1S/C13H19N3O/c1-9-11-7-14-6-10(11)8-16(9)12-4-3-5-13(15-12)17-2/h3-5,9-11,14H,6-8H2,1-2H3. The van der Waals surface area contributed by atoms with Crippen LogP contribution in [0.5, 0.6) is 5.88 Å². The molecule has 4 nitrogen and oxygen atoms in total. The maximum atomic E-state index is 5.19. The predicted molar refractivity (Wildman–Crippen MR) is 67.4 cm³/mol. The first-order chi connectivity index (χ1) is 8.29. The highest BCUT2D eigenvalue weighted by Crippen LogP contribution is 2.35. The van der Waals surface area contributed by atoms with E-state index in [0.29, 0.717) is 11.9 Å². The molecule has 2 fully saturated rings. The Hall–Kier alpha value is -1.29. The largest absolute Gasteiger partial charge is 0.481 e. The Kier molecular flexibility index (Phi) is 2.67. The Morgan fingerprint density at radius 3 is 3.06 bits per heavy atom. The number of aromatic nitrogens is 1. The third-order valence-corrected chi connectivity index (χ3v) is 4.15. The lowest BCUT2D eigenvalue weighted by Gasteiger charge is -2.25. The molecule has 3 atom stereocenters. The van der Waals surface area contributed by atoms with Crippen LogP contribution in [0.15, 0.2) is 18.2 Å². The molecule has 3 rings (SSSR count). The van der Waals surface area contributed by atoms with Gasteiger partial charge in [-0.3, -0.25) is 0 Å². The van der Waals surface area contributed by atoms with Crippen LogP contribution in [0.3, 0.4) is 0 Å². The van der Waals surface area contributed by atoms with Crippen molar-refractivity contribution in [3.8, 4) is 5.88 Å². The minimum Gasteiger partial charge on any atom is -0.481 e. The summed E-state index contributed by atoms with van der Waals surface area (Å²) in [4.78, 5) is 6.95. The van der Waals surface area contributed by atoms with E-state index in [1.54, 1.807) is 7.11 Å². The fourth-order valence-corrected chi connectivity index (χ4v) is 3.15. The van der Waals surface area contributed by atoms with Gasteiger partial charge in [0, 0.05) is 31.7 Å². The lowest BCUT2D eigenvalue weighted by molar-refractivity contribution is 0.397. The monoisotopic (exact) mass is 233 g/mol. The van der Waals surface area contributed by atoms with Crippen LogP contribution < -0.4 is 15.0 Å². The van der Waals surface area contributed by atoms with Crippen molar-refractivity contribution in [2.75, 3.05) is 31.6 Å². The third-order valence-electron chi connectivity index (χ3n) is 4.15. The van der Waals surface area contributed by atoms with E-state index in [1.807, 2.05) is 12.1 Å². The maximum Gasteiger partial charge on any atom is 0.214 e. The predicted octanol–water partition coefficient (Wildman–Crippen LogP) is 1.13. The first-order valence-corrected chi connectivity index (χ1v) is 6.28. The van der Waals surface area contributed by atoms with Crippen molar-refractivity contribution in [2.45, 2.75) is 13.0 Å². The van der Waals surface area contributed by atoms with Gasteiger partial charge >= 0.3 is 0 Å². The number of ether oxygens (including phenoxy) is 1. The van der Waals surface area contributed by atoms with Gasteiger partial charge in [0.25, 0.3) is 0 Å². The highest BCUT2D eigenvalue weighted by Gasteiger charge is 2.42. The number of nitrogens with zero attached hydrogens (tertiary/aromatic N) is 2. The van der Waals surface area contributed by atoms with Gasteiger partial charge < -0.3 is 15.0 Å². The van der Waals surface area contributed by atoms with Crippen LogP contribution in [-0.2, 0) is 0 Å². The van der Waals surface area contributed by atoms with Crippen LogP contribution in [0.2, 0.25) is 0 Å². The van der Waals surface area contributed by atoms with Crippen molar-refractivity contribution >= 4 is 5.82 Å². The summed E-state index contributed by atoms with van der Waals surface area (Å²) in [6.45, 7) is 5.71. The zero-order valence-electron chi connectivity index (χ0n) is 10.4. The summed E-state index contributed by atoms with van der Waals surface area (Å²) in [7, 11) is 1.66. The van der Waals surface area contributed by atoms with Crippen molar-refractivity contribution in [1.29, 1.82) is 0 Å². The Bertz CT molecular complexity index is 409. The highest BCUT2D eigenvalue weighted by molar-refractivity contribution is 5.44. The molecule has 4 heteroatoms. The second-order valence-corrected chi connectivity index (χ2v) is 5.01. The van der Waals surface area contributed by atoms with E-state index < -0.39 is 0 Å². The first kappa shape index (κ1) is 10.8. The Morgan fingerprint density at radius 1 is 1.41 bits per heavy atom. The van der Waals surface area contributed by atoms with Gasteiger partial charge in [0.15, 0.2) is 0 Å². The molecule has 1 N–H and O–H groups in total. The molecule has 17 heavy (non-hydrogen) atoms. The molecule has 1 aromatic rings. The van der Waals surface area contributed by atoms with Crippen LogP contribution in [-0.4, -0.2) is 37.8 Å². The summed E-state index contributed by atoms with van der Waals surface area (Å²) in [5, 5.41) is 3.48. The topological polar surface area (TPSA) is 37.4 Å². The molecule has 2 aliphatic rings. The van der Waals surface area contributed by atoms with Crippen LogP contribution in [0.4, 0.5) is 5.82 Å². The summed E-state index contributed by atoms with van der Waals surface area (Å²) in [5.41, 5.74) is 0. The summed E-state index contributed by atoms with van der Waals surface area (Å²) < 4.78 is 5.19. The van der Waals surface area contributed by atoms with E-state index in [-0.39, 0.29) is 0 Å². The summed E-state index contributed by atoms with van der Waals surface area (Å²) in [6.07, 6.45) is 0. The number of fused-ring (bicyclic) bond motifs is 1. The summed E-state index contributed by atoms with van der Waals surface area (Å²) >= 11 is 0. The third kappa shape index (κ3) is 1.76. The quantitative estimate of drug-likeness (QED) is 0.831. The molecule has 0 bridgehead atoms. The molecule has 3 unspecified atom stereocenters. The van der Waals surface area contributed by atoms with Gasteiger partial charge in [-0.1, -0.05) is 6.07 Å². The van der Waals surface area contributed by atoms with Crippen molar-refractivity contribution in [1.82, 2.24) is 10.3 Å². The van der Waals surface area contributed by atoms with E-state index in [9.17, 15) is 0 Å². The molecule has 92 valence electrons. The second kappa shape index (κ2) is 4.18. The molecular formula is C13H19N3O. The fraction of sp³-hybridized carbons (Fsp3) is 0.615. The second-order valence-electron chi connectivity index (χ2n) is 5.01. The molecule has 3 heterocycles. The SMILES string of the molecule is COc1cccc(N2CC3CNCC3C2C)n1. The number of rotatable bonds is 2. The average Bonchev–Trinajstić information content (AvgIpc) is 2.93. The number of hydrogen-bond acceptors (Lipinski definition) is 4. The number of anilines is 1. The Morgan fingerprint density at radius 2 is 2.29 bits per heavy atom. The normalized spacial score (nSPS) is 31.6. The molecule has 0 spiro atoms. The van der Waals surface area contributed by atoms with Crippen LogP contribution >= 0.6 is 0 Å². The van der Waals surface area contributed by atoms with Crippen molar-refractivity contribution in [3.05, 3.63) is 18.2 Å². The van der Waals surface area contributed by atoms with Gasteiger partial charge in [0.1, 0.15) is 5.82 Å². The lowest BCUT2D eigenvalue weighted by Crippen LogP contribution is -2.33. The number of methoxy groups -OCH3 is 1. The summed E-state index contributed by atoms with van der Waals surface area (Å²) in [5.74, 6) is 3.29. The summed E-state index contributed by atoms with van der Waals surface area (Å²) in [6, 6.07) is 6.55. The molecule has 0 saturated carbocycles. The van der Waals surface area contributed by atoms with E-state index in [0.717, 1.165) is 37.3 Å². The van der Waals surface area contributed by atoms with Gasteiger partial charge in [0.2, 0.25) is 5.88 Å². The minimum atomic E-state index is 0.564. The molecular weight excluding hydrogens is 214 g/mol. The van der Waals surface area contributed by atoms with Crippen LogP contribution in [0.1, 0.15) is 6.92 Å². The maximum absolute atomic E-state index is 5.19. The first-order valence-electron chi connectivity index (χ1n) is 6.28.